The summed E-state index contributed by atoms with van der Waals surface area (Å²) in [4.78, 5) is 12.3. The summed E-state index contributed by atoms with van der Waals surface area (Å²) in [6, 6.07) is 0. The average molecular weight is 242 g/mol. The Morgan fingerprint density at radius 2 is 2.38 bits per heavy atom. The first kappa shape index (κ1) is 11.5. The van der Waals surface area contributed by atoms with Gasteiger partial charge in [0.05, 0.1) is 32.2 Å². The number of carbonyl (C=O) groups is 1. The lowest BCUT2D eigenvalue weighted by Gasteiger charge is -2.32. The molecule has 5 heteroatoms. The molecule has 1 saturated heterocycles. The predicted octanol–water partition coefficient (Wildman–Crippen LogP) is 1.44. The number of esters is 1. The van der Waals surface area contributed by atoms with Gasteiger partial charge >= 0.3 is 5.97 Å². The largest absolute Gasteiger partial charge is 0.487 e. The molecule has 0 bridgehead atoms. The molecule has 1 unspecified atom stereocenters. The zero-order chi connectivity index (χ0) is 11.8. The number of hydrogen-bond acceptors (Lipinski definition) is 5. The van der Waals surface area contributed by atoms with Crippen LogP contribution in [0.5, 0.6) is 0 Å². The Morgan fingerprint density at radius 3 is 2.94 bits per heavy atom. The van der Waals surface area contributed by atoms with Crippen LogP contribution < -0.4 is 0 Å². The summed E-state index contributed by atoms with van der Waals surface area (Å²) >= 11 is 4.42. The van der Waals surface area contributed by atoms with Crippen LogP contribution in [0, 0.1) is 0 Å². The van der Waals surface area contributed by atoms with Crippen LogP contribution in [0.1, 0.15) is 13.3 Å². The van der Waals surface area contributed by atoms with Crippen LogP contribution in [0.15, 0.2) is 22.3 Å². The van der Waals surface area contributed by atoms with E-state index in [9.17, 15) is 4.79 Å². The molecule has 4 nitrogen and oxygen atoms in total. The Morgan fingerprint density at radius 1 is 1.62 bits per heavy atom. The Labute approximate surface area is 99.7 Å². The van der Waals surface area contributed by atoms with Crippen LogP contribution in [0.4, 0.5) is 0 Å². The van der Waals surface area contributed by atoms with Crippen molar-refractivity contribution in [2.24, 2.45) is 0 Å². The van der Waals surface area contributed by atoms with Crippen molar-refractivity contribution in [3.05, 3.63) is 22.3 Å². The number of thiol groups is 1. The lowest BCUT2D eigenvalue weighted by molar-refractivity contribution is -0.136. The predicted molar refractivity (Wildman–Crippen MR) is 61.0 cm³/mol. The number of ether oxygens (including phenoxy) is 3. The smallest absolute Gasteiger partial charge is 0.339 e. The first-order valence-corrected chi connectivity index (χ1v) is 5.50. The highest BCUT2D eigenvalue weighted by molar-refractivity contribution is 7.84. The van der Waals surface area contributed by atoms with E-state index in [4.69, 9.17) is 14.2 Å². The lowest BCUT2D eigenvalue weighted by atomic mass is 9.93. The van der Waals surface area contributed by atoms with Crippen LogP contribution >= 0.6 is 12.6 Å². The average Bonchev–Trinajstić information content (AvgIpc) is 2.74. The number of rotatable bonds is 1. The molecule has 1 atom stereocenters. The second kappa shape index (κ2) is 4.14. The molecule has 2 heterocycles. The van der Waals surface area contributed by atoms with Gasteiger partial charge in [-0.1, -0.05) is 0 Å². The highest BCUT2D eigenvalue weighted by Gasteiger charge is 2.44. The topological polar surface area (TPSA) is 44.8 Å². The first-order chi connectivity index (χ1) is 7.60. The molecule has 16 heavy (non-hydrogen) atoms. The summed E-state index contributed by atoms with van der Waals surface area (Å²) in [7, 11) is 1.36. The molecular formula is C11H14O4S. The van der Waals surface area contributed by atoms with Crippen molar-refractivity contribution < 1.29 is 19.0 Å². The van der Waals surface area contributed by atoms with Crippen LogP contribution in [0.2, 0.25) is 0 Å². The van der Waals surface area contributed by atoms with Gasteiger partial charge in [-0.25, -0.2) is 4.79 Å². The van der Waals surface area contributed by atoms with Gasteiger partial charge in [-0.3, -0.25) is 0 Å². The maximum absolute atomic E-state index is 11.7. The molecule has 0 N–H and O–H groups in total. The monoisotopic (exact) mass is 242 g/mol. The van der Waals surface area contributed by atoms with Gasteiger partial charge in [0.1, 0.15) is 0 Å². The number of hydrogen-bond donors (Lipinski definition) is 1. The minimum atomic E-state index is -0.591. The molecule has 1 fully saturated rings. The molecular weight excluding hydrogens is 228 g/mol. The zero-order valence-corrected chi connectivity index (χ0v) is 10.2. The molecule has 0 aromatic carbocycles. The summed E-state index contributed by atoms with van der Waals surface area (Å²) in [6.07, 6.45) is 2.29. The molecule has 0 aliphatic carbocycles. The second-order valence-corrected chi connectivity index (χ2v) is 4.38. The number of methoxy groups -OCH3 is 1. The van der Waals surface area contributed by atoms with Crippen LogP contribution in [-0.2, 0) is 19.0 Å². The SMILES string of the molecule is COC(=O)C1=C(S)C2(CCOC2)OC=C1C. The summed E-state index contributed by atoms with van der Waals surface area (Å²) < 4.78 is 15.7. The fourth-order valence-corrected chi connectivity index (χ4v) is 2.41. The van der Waals surface area contributed by atoms with Gasteiger partial charge in [0, 0.05) is 11.3 Å². The fraction of sp³-hybridized carbons (Fsp3) is 0.545. The van der Waals surface area contributed by atoms with Gasteiger partial charge < -0.3 is 14.2 Å². The van der Waals surface area contributed by atoms with E-state index in [2.05, 4.69) is 12.6 Å². The summed E-state index contributed by atoms with van der Waals surface area (Å²) in [5.41, 5.74) is 0.628. The van der Waals surface area contributed by atoms with Crippen molar-refractivity contribution in [3.8, 4) is 0 Å². The minimum absolute atomic E-state index is 0.381. The van der Waals surface area contributed by atoms with Gasteiger partial charge in [-0.2, -0.15) is 0 Å². The van der Waals surface area contributed by atoms with Gasteiger partial charge in [-0.15, -0.1) is 12.6 Å². The Balaban J connectivity index is 2.43. The third-order valence-corrected chi connectivity index (χ3v) is 3.53. The Kier molecular flexibility index (Phi) is 2.99. The van der Waals surface area contributed by atoms with E-state index < -0.39 is 5.60 Å². The molecule has 0 aromatic heterocycles. The molecule has 0 saturated carbocycles. The molecule has 0 amide bonds. The lowest BCUT2D eigenvalue weighted by Crippen LogP contribution is -2.36. The van der Waals surface area contributed by atoms with E-state index in [1.54, 1.807) is 13.2 Å². The van der Waals surface area contributed by atoms with E-state index in [1.807, 2.05) is 0 Å². The summed E-state index contributed by atoms with van der Waals surface area (Å²) in [6.45, 7) is 2.84. The maximum atomic E-state index is 11.7. The highest BCUT2D eigenvalue weighted by Crippen LogP contribution is 2.40. The van der Waals surface area contributed by atoms with E-state index in [0.29, 0.717) is 30.1 Å². The van der Waals surface area contributed by atoms with Crippen molar-refractivity contribution in [3.63, 3.8) is 0 Å². The van der Waals surface area contributed by atoms with Crippen molar-refractivity contribution in [1.82, 2.24) is 0 Å². The van der Waals surface area contributed by atoms with Crippen LogP contribution in [0.3, 0.4) is 0 Å². The summed E-state index contributed by atoms with van der Waals surface area (Å²) in [5, 5.41) is 0. The second-order valence-electron chi connectivity index (χ2n) is 3.93. The quantitative estimate of drug-likeness (QED) is 0.558. The van der Waals surface area contributed by atoms with Crippen molar-refractivity contribution >= 4 is 18.6 Å². The highest BCUT2D eigenvalue weighted by atomic mass is 32.1. The van der Waals surface area contributed by atoms with Crippen molar-refractivity contribution in [1.29, 1.82) is 0 Å². The standard InChI is InChI=1S/C11H14O4S/c1-7-5-15-11(3-4-14-6-11)9(16)8(7)10(12)13-2/h5,16H,3-4,6H2,1-2H3. The van der Waals surface area contributed by atoms with E-state index in [1.165, 1.54) is 7.11 Å². The normalized spacial score (nSPS) is 29.1. The van der Waals surface area contributed by atoms with Crippen LogP contribution in [-0.4, -0.2) is 31.9 Å². The fourth-order valence-electron chi connectivity index (χ4n) is 1.92. The van der Waals surface area contributed by atoms with Gasteiger partial charge in [-0.05, 0) is 12.5 Å². The molecule has 2 aliphatic heterocycles. The van der Waals surface area contributed by atoms with Crippen molar-refractivity contribution in [2.75, 3.05) is 20.3 Å². The maximum Gasteiger partial charge on any atom is 0.339 e. The molecule has 1 spiro atoms. The summed E-state index contributed by atoms with van der Waals surface area (Å²) in [5.74, 6) is -0.381. The van der Waals surface area contributed by atoms with Gasteiger partial charge in [0.25, 0.3) is 0 Å². The Bertz CT molecular complexity index is 377. The molecule has 2 aliphatic rings. The Hall–Kier alpha value is -0.940. The number of carbonyl (C=O) groups excluding carboxylic acids is 1. The van der Waals surface area contributed by atoms with Crippen molar-refractivity contribution in [2.45, 2.75) is 18.9 Å². The minimum Gasteiger partial charge on any atom is -0.487 e. The molecule has 0 aromatic rings. The zero-order valence-electron chi connectivity index (χ0n) is 9.28. The van der Waals surface area contributed by atoms with E-state index in [0.717, 1.165) is 5.57 Å². The van der Waals surface area contributed by atoms with Crippen LogP contribution in [0.25, 0.3) is 0 Å². The van der Waals surface area contributed by atoms with Gasteiger partial charge in [0.2, 0.25) is 0 Å². The molecule has 88 valence electrons. The van der Waals surface area contributed by atoms with E-state index >= 15 is 0 Å². The first-order valence-electron chi connectivity index (χ1n) is 5.05. The third-order valence-electron chi connectivity index (χ3n) is 2.90. The third kappa shape index (κ3) is 1.64. The van der Waals surface area contributed by atoms with Gasteiger partial charge in [0.15, 0.2) is 5.60 Å². The van der Waals surface area contributed by atoms with E-state index in [-0.39, 0.29) is 5.97 Å². The molecule has 0 radical (unpaired) electrons. The molecule has 2 rings (SSSR count).